The van der Waals surface area contributed by atoms with Gasteiger partial charge >= 0.3 is 6.01 Å². The molecule has 1 fully saturated rings. The lowest BCUT2D eigenvalue weighted by atomic mass is 10.0. The number of aryl methyl sites for hydroxylation is 2. The summed E-state index contributed by atoms with van der Waals surface area (Å²) in [5, 5.41) is 2.95. The third-order valence-electron chi connectivity index (χ3n) is 5.34. The number of carbonyl (C=O) groups excluding carboxylic acids is 1. The summed E-state index contributed by atoms with van der Waals surface area (Å²) in [6.07, 6.45) is 0.549. The van der Waals surface area contributed by atoms with Gasteiger partial charge in [0.15, 0.2) is 23.6 Å². The van der Waals surface area contributed by atoms with Crippen LogP contribution >= 0.6 is 0 Å². The summed E-state index contributed by atoms with van der Waals surface area (Å²) in [7, 11) is 0. The molecule has 1 unspecified atom stereocenters. The average Bonchev–Trinajstić information content (AvgIpc) is 2.71. The Bertz CT molecular complexity index is 918. The number of amides is 1. The fraction of sp³-hybridized carbons (Fsp3) is 0.476. The van der Waals surface area contributed by atoms with Gasteiger partial charge < -0.3 is 15.8 Å². The predicted octanol–water partition coefficient (Wildman–Crippen LogP) is 2.64. The molecule has 3 N–H and O–H groups in total. The van der Waals surface area contributed by atoms with Gasteiger partial charge in [-0.1, -0.05) is 0 Å². The summed E-state index contributed by atoms with van der Waals surface area (Å²) in [6, 6.07) is 2.06. The summed E-state index contributed by atoms with van der Waals surface area (Å²) in [4.78, 5) is 22.8. The maximum absolute atomic E-state index is 13.4. The first-order valence-electron chi connectivity index (χ1n) is 10.1. The second kappa shape index (κ2) is 9.51. The zero-order chi connectivity index (χ0) is 22.7. The number of halogens is 3. The van der Waals surface area contributed by atoms with Crippen LogP contribution in [0.15, 0.2) is 12.1 Å². The molecule has 3 rings (SSSR count). The molecular weight excluding hydrogens is 411 g/mol. The lowest BCUT2D eigenvalue weighted by Crippen LogP contribution is -2.48. The molecule has 1 aliphatic rings. The third-order valence-corrected chi connectivity index (χ3v) is 5.34. The molecule has 0 saturated carbocycles. The fourth-order valence-corrected chi connectivity index (χ4v) is 3.47. The first kappa shape index (κ1) is 22.8. The summed E-state index contributed by atoms with van der Waals surface area (Å²) in [5.41, 5.74) is 7.86. The van der Waals surface area contributed by atoms with E-state index in [9.17, 15) is 18.0 Å². The van der Waals surface area contributed by atoms with Gasteiger partial charge in [-0.25, -0.2) is 13.2 Å². The predicted molar refractivity (Wildman–Crippen MR) is 109 cm³/mol. The Kier molecular flexibility index (Phi) is 6.99. The second-order valence-electron chi connectivity index (χ2n) is 7.78. The van der Waals surface area contributed by atoms with Crippen LogP contribution in [0.2, 0.25) is 0 Å². The topological polar surface area (TPSA) is 93.4 Å². The van der Waals surface area contributed by atoms with Crippen molar-refractivity contribution < 1.29 is 22.7 Å². The molecule has 7 nitrogen and oxygen atoms in total. The van der Waals surface area contributed by atoms with Crippen LogP contribution in [0.1, 0.15) is 36.7 Å². The van der Waals surface area contributed by atoms with E-state index in [1.54, 1.807) is 20.8 Å². The van der Waals surface area contributed by atoms with Crippen molar-refractivity contribution in [3.05, 3.63) is 46.5 Å². The van der Waals surface area contributed by atoms with Crippen LogP contribution in [0.4, 0.5) is 18.9 Å². The molecule has 2 heterocycles. The molecule has 0 radical (unpaired) electrons. The average molecular weight is 437 g/mol. The zero-order valence-corrected chi connectivity index (χ0v) is 17.7. The van der Waals surface area contributed by atoms with Crippen molar-refractivity contribution in [2.75, 3.05) is 18.8 Å². The van der Waals surface area contributed by atoms with Gasteiger partial charge in [-0.05, 0) is 51.3 Å². The smallest absolute Gasteiger partial charge is 0.317 e. The van der Waals surface area contributed by atoms with Crippen LogP contribution in [0.3, 0.4) is 0 Å². The number of rotatable bonds is 6. The minimum absolute atomic E-state index is 0.0488. The first-order chi connectivity index (χ1) is 14.6. The number of hydrogen-bond acceptors (Lipinski definition) is 6. The molecule has 2 aromatic rings. The fourth-order valence-electron chi connectivity index (χ4n) is 3.47. The van der Waals surface area contributed by atoms with E-state index >= 15 is 0 Å². The number of hydrogen-bond donors (Lipinski definition) is 2. The van der Waals surface area contributed by atoms with Crippen LogP contribution in [-0.2, 0) is 11.3 Å². The Labute approximate surface area is 178 Å². The Morgan fingerprint density at radius 2 is 1.74 bits per heavy atom. The van der Waals surface area contributed by atoms with E-state index in [4.69, 9.17) is 10.5 Å². The molecule has 10 heteroatoms. The number of aromatic nitrogens is 2. The number of piperidine rings is 1. The molecule has 1 aromatic carbocycles. The van der Waals surface area contributed by atoms with Crippen molar-refractivity contribution in [3.8, 4) is 6.01 Å². The number of nitrogens with two attached hydrogens (primary N) is 1. The van der Waals surface area contributed by atoms with E-state index in [1.807, 2.05) is 4.90 Å². The van der Waals surface area contributed by atoms with Crippen molar-refractivity contribution in [2.24, 2.45) is 0 Å². The minimum atomic E-state index is -1.46. The van der Waals surface area contributed by atoms with Crippen LogP contribution in [-0.4, -0.2) is 46.0 Å². The first-order valence-corrected chi connectivity index (χ1v) is 10.1. The van der Waals surface area contributed by atoms with Crippen molar-refractivity contribution in [3.63, 3.8) is 0 Å². The number of benzene rings is 1. The Balaban J connectivity index is 1.48. The quantitative estimate of drug-likeness (QED) is 0.675. The lowest BCUT2D eigenvalue weighted by Gasteiger charge is -2.32. The van der Waals surface area contributed by atoms with Gasteiger partial charge in [-0.2, -0.15) is 9.97 Å². The highest BCUT2D eigenvalue weighted by Crippen LogP contribution is 2.19. The summed E-state index contributed by atoms with van der Waals surface area (Å²) >= 11 is 0. The van der Waals surface area contributed by atoms with E-state index in [1.165, 1.54) is 0 Å². The highest BCUT2D eigenvalue weighted by atomic mass is 19.2. The maximum atomic E-state index is 13.4. The Morgan fingerprint density at radius 1 is 1.19 bits per heavy atom. The highest BCUT2D eigenvalue weighted by molar-refractivity contribution is 5.80. The molecule has 31 heavy (non-hydrogen) atoms. The molecule has 0 spiro atoms. The number of ether oxygens (including phenoxy) is 1. The lowest BCUT2D eigenvalue weighted by molar-refractivity contribution is -0.128. The van der Waals surface area contributed by atoms with Gasteiger partial charge in [0.1, 0.15) is 0 Å². The SMILES string of the molecule is Cc1nc(OC(C)C(=O)NC2CCN(Cc3cc(F)c(F)c(F)c3)CC2)nc(C)c1N. The summed E-state index contributed by atoms with van der Waals surface area (Å²) < 4.78 is 45.4. The summed E-state index contributed by atoms with van der Waals surface area (Å²) in [5.74, 6) is -4.13. The van der Waals surface area contributed by atoms with Gasteiger partial charge in [-0.3, -0.25) is 9.69 Å². The molecule has 1 amide bonds. The van der Waals surface area contributed by atoms with Crippen LogP contribution in [0.25, 0.3) is 0 Å². The number of anilines is 1. The molecule has 1 aromatic heterocycles. The molecule has 0 bridgehead atoms. The molecule has 168 valence electrons. The van der Waals surface area contributed by atoms with Gasteiger partial charge in [-0.15, -0.1) is 0 Å². The number of nitrogens with zero attached hydrogens (tertiary/aromatic N) is 3. The number of likely N-dealkylation sites (tertiary alicyclic amines) is 1. The van der Waals surface area contributed by atoms with E-state index in [0.29, 0.717) is 55.1 Å². The van der Waals surface area contributed by atoms with Gasteiger partial charge in [0.25, 0.3) is 5.91 Å². The maximum Gasteiger partial charge on any atom is 0.317 e. The molecular formula is C21H26F3N5O2. The zero-order valence-electron chi connectivity index (χ0n) is 17.7. The minimum Gasteiger partial charge on any atom is -0.450 e. The summed E-state index contributed by atoms with van der Waals surface area (Å²) in [6.45, 7) is 6.66. The number of carbonyl (C=O) groups is 1. The molecule has 1 aliphatic heterocycles. The van der Waals surface area contributed by atoms with Crippen molar-refractivity contribution in [1.29, 1.82) is 0 Å². The second-order valence-corrected chi connectivity index (χ2v) is 7.78. The largest absolute Gasteiger partial charge is 0.450 e. The standard InChI is InChI=1S/C21H26F3N5O2/c1-11-19(25)12(2)27-21(26-11)31-13(3)20(30)28-15-4-6-29(7-5-15)10-14-8-16(22)18(24)17(23)9-14/h8-9,13,15H,4-7,10,25H2,1-3H3,(H,28,30). The van der Waals surface area contributed by atoms with Crippen LogP contribution in [0, 0.1) is 31.3 Å². The number of nitrogens with one attached hydrogen (secondary N) is 1. The highest BCUT2D eigenvalue weighted by Gasteiger charge is 2.25. The van der Waals surface area contributed by atoms with Gasteiger partial charge in [0.2, 0.25) is 0 Å². The van der Waals surface area contributed by atoms with Crippen LogP contribution in [0.5, 0.6) is 6.01 Å². The van der Waals surface area contributed by atoms with E-state index in [-0.39, 0.29) is 18.0 Å². The van der Waals surface area contributed by atoms with Crippen LogP contribution < -0.4 is 15.8 Å². The van der Waals surface area contributed by atoms with Crippen molar-refractivity contribution in [2.45, 2.75) is 52.3 Å². The molecule has 1 saturated heterocycles. The van der Waals surface area contributed by atoms with E-state index in [2.05, 4.69) is 15.3 Å². The Hall–Kier alpha value is -2.88. The molecule has 1 atom stereocenters. The van der Waals surface area contributed by atoms with E-state index < -0.39 is 23.6 Å². The van der Waals surface area contributed by atoms with Crippen molar-refractivity contribution in [1.82, 2.24) is 20.2 Å². The Morgan fingerprint density at radius 3 is 2.29 bits per heavy atom. The monoisotopic (exact) mass is 437 g/mol. The molecule has 0 aliphatic carbocycles. The van der Waals surface area contributed by atoms with Gasteiger partial charge in [0.05, 0.1) is 17.1 Å². The number of nitrogen functional groups attached to an aromatic ring is 1. The third kappa shape index (κ3) is 5.63. The van der Waals surface area contributed by atoms with E-state index in [0.717, 1.165) is 12.1 Å². The van der Waals surface area contributed by atoms with Crippen molar-refractivity contribution >= 4 is 11.6 Å². The normalized spacial score (nSPS) is 16.2. The van der Waals surface area contributed by atoms with Gasteiger partial charge in [0, 0.05) is 25.7 Å².